The average Bonchev–Trinajstić information content (AvgIpc) is 1.89. The third-order valence-electron chi connectivity index (χ3n) is 1.56. The molecule has 9 heavy (non-hydrogen) atoms. The van der Waals surface area contributed by atoms with Crippen LogP contribution in [0.25, 0.3) is 0 Å². The Kier molecular flexibility index (Phi) is 5.70. The first-order valence-corrected chi connectivity index (χ1v) is 3.73. The van der Waals surface area contributed by atoms with E-state index in [9.17, 15) is 0 Å². The fourth-order valence-corrected chi connectivity index (χ4v) is 0.761. The van der Waals surface area contributed by atoms with Crippen molar-refractivity contribution in [2.24, 2.45) is 5.92 Å². The van der Waals surface area contributed by atoms with E-state index in [1.165, 1.54) is 19.3 Å². The summed E-state index contributed by atoms with van der Waals surface area (Å²) in [5.74, 6) is 0.691. The molecule has 1 atom stereocenters. The number of rotatable bonds is 5. The maximum absolute atomic E-state index is 3.78. The minimum atomic E-state index is 0.691. The lowest BCUT2D eigenvalue weighted by Gasteiger charge is -2.02. The van der Waals surface area contributed by atoms with Crippen LogP contribution >= 0.6 is 0 Å². The second-order valence-corrected chi connectivity index (χ2v) is 2.56. The predicted molar refractivity (Wildman–Crippen MR) is 43.2 cm³/mol. The molecule has 0 spiro atoms. The lowest BCUT2D eigenvalue weighted by atomic mass is 10.0. The van der Waals surface area contributed by atoms with Crippen LogP contribution in [0.1, 0.15) is 32.6 Å². The summed E-state index contributed by atoms with van der Waals surface area (Å²) in [4.78, 5) is 0. The molecule has 0 aromatic heterocycles. The molecule has 0 aliphatic heterocycles. The van der Waals surface area contributed by atoms with E-state index in [2.05, 4.69) is 20.4 Å². The number of allylic oxidation sites excluding steroid dienone is 1. The molecule has 1 unspecified atom stereocenters. The highest BCUT2D eigenvalue weighted by atomic mass is 14.0. The van der Waals surface area contributed by atoms with Gasteiger partial charge in [0, 0.05) is 0 Å². The molecule has 0 bridgehead atoms. The average molecular weight is 125 g/mol. The molecule has 1 radical (unpaired) electrons. The van der Waals surface area contributed by atoms with Crippen molar-refractivity contribution < 1.29 is 0 Å². The van der Waals surface area contributed by atoms with Crippen molar-refractivity contribution in [3.63, 3.8) is 0 Å². The first kappa shape index (κ1) is 8.74. The topological polar surface area (TPSA) is 0 Å². The van der Waals surface area contributed by atoms with Crippen LogP contribution in [-0.2, 0) is 0 Å². The first-order chi connectivity index (χ1) is 4.31. The van der Waals surface area contributed by atoms with Crippen molar-refractivity contribution in [2.45, 2.75) is 32.6 Å². The van der Waals surface area contributed by atoms with Crippen LogP contribution in [0.4, 0.5) is 0 Å². The Hall–Kier alpha value is -0.260. The van der Waals surface area contributed by atoms with Gasteiger partial charge in [0.05, 0.1) is 0 Å². The Bertz CT molecular complexity index is 64.4. The minimum Gasteiger partial charge on any atom is -0.103 e. The molecule has 0 saturated carbocycles. The Morgan fingerprint density at radius 2 is 2.11 bits per heavy atom. The van der Waals surface area contributed by atoms with Crippen molar-refractivity contribution in [2.75, 3.05) is 0 Å². The van der Waals surface area contributed by atoms with E-state index < -0.39 is 0 Å². The highest BCUT2D eigenvalue weighted by Gasteiger charge is 1.93. The van der Waals surface area contributed by atoms with Crippen molar-refractivity contribution in [1.82, 2.24) is 0 Å². The highest BCUT2D eigenvalue weighted by Crippen LogP contribution is 2.08. The maximum Gasteiger partial charge on any atom is -0.0265 e. The summed E-state index contributed by atoms with van der Waals surface area (Å²) in [6, 6.07) is 0. The zero-order valence-electron chi connectivity index (χ0n) is 6.40. The van der Waals surface area contributed by atoms with E-state index in [-0.39, 0.29) is 0 Å². The fraction of sp³-hybridized carbons (Fsp3) is 0.667. The molecule has 0 aliphatic rings. The van der Waals surface area contributed by atoms with E-state index in [1.807, 2.05) is 6.08 Å². The van der Waals surface area contributed by atoms with Gasteiger partial charge in [-0.15, -0.1) is 6.58 Å². The van der Waals surface area contributed by atoms with Crippen LogP contribution in [0.15, 0.2) is 12.7 Å². The Balaban J connectivity index is 2.96. The molecule has 0 aliphatic carbocycles. The van der Waals surface area contributed by atoms with Crippen LogP contribution in [0, 0.1) is 12.8 Å². The van der Waals surface area contributed by atoms with Crippen LogP contribution in [-0.4, -0.2) is 0 Å². The summed E-state index contributed by atoms with van der Waals surface area (Å²) in [6.07, 6.45) is 6.93. The van der Waals surface area contributed by atoms with Gasteiger partial charge in [-0.25, -0.2) is 0 Å². The molecule has 0 heterocycles. The maximum atomic E-state index is 3.78. The molecule has 0 heteroatoms. The van der Waals surface area contributed by atoms with E-state index in [4.69, 9.17) is 0 Å². The molecule has 0 aromatic rings. The van der Waals surface area contributed by atoms with Crippen LogP contribution in [0.2, 0.25) is 0 Å². The van der Waals surface area contributed by atoms with Gasteiger partial charge < -0.3 is 0 Å². The van der Waals surface area contributed by atoms with Crippen molar-refractivity contribution >= 4 is 0 Å². The Morgan fingerprint density at radius 1 is 1.44 bits per heavy atom. The molecule has 0 nitrogen and oxygen atoms in total. The molecule has 0 saturated heterocycles. The van der Waals surface area contributed by atoms with Gasteiger partial charge in [0.25, 0.3) is 0 Å². The second-order valence-electron chi connectivity index (χ2n) is 2.56. The van der Waals surface area contributed by atoms with Crippen molar-refractivity contribution in [1.29, 1.82) is 0 Å². The number of hydrogen-bond donors (Lipinski definition) is 0. The first-order valence-electron chi connectivity index (χ1n) is 3.73. The van der Waals surface area contributed by atoms with E-state index in [1.54, 1.807) is 0 Å². The zero-order chi connectivity index (χ0) is 7.11. The molecule has 53 valence electrons. The molecular formula is C9H17. The molecule has 0 rings (SSSR count). The quantitative estimate of drug-likeness (QED) is 0.391. The molecule has 0 fully saturated rings. The summed E-state index contributed by atoms with van der Waals surface area (Å²) in [6.45, 7) is 9.71. The Morgan fingerprint density at radius 3 is 2.56 bits per heavy atom. The molecule has 0 amide bonds. The highest BCUT2D eigenvalue weighted by molar-refractivity contribution is 4.74. The molecule has 0 N–H and O–H groups in total. The van der Waals surface area contributed by atoms with Gasteiger partial charge in [-0.1, -0.05) is 39.2 Å². The second kappa shape index (κ2) is 5.87. The van der Waals surface area contributed by atoms with Crippen LogP contribution < -0.4 is 0 Å². The third kappa shape index (κ3) is 5.61. The normalized spacial score (nSPS) is 13.1. The van der Waals surface area contributed by atoms with Gasteiger partial charge in [-0.05, 0) is 12.3 Å². The van der Waals surface area contributed by atoms with Gasteiger partial charge in [-0.2, -0.15) is 0 Å². The standard InChI is InChI=1S/C9H17/c1-4-6-7-8-9(3)5-2/h5,9H,1-2,4,6-8H2,3H3. The Labute approximate surface area is 59.0 Å². The lowest BCUT2D eigenvalue weighted by molar-refractivity contribution is 0.585. The zero-order valence-corrected chi connectivity index (χ0v) is 6.40. The number of hydrogen-bond acceptors (Lipinski definition) is 0. The molecular weight excluding hydrogens is 108 g/mol. The fourth-order valence-electron chi connectivity index (χ4n) is 0.761. The van der Waals surface area contributed by atoms with Crippen molar-refractivity contribution in [3.8, 4) is 0 Å². The summed E-state index contributed by atoms with van der Waals surface area (Å²) in [5, 5.41) is 0. The lowest BCUT2D eigenvalue weighted by Crippen LogP contribution is -1.87. The van der Waals surface area contributed by atoms with Gasteiger partial charge in [0.1, 0.15) is 0 Å². The third-order valence-corrected chi connectivity index (χ3v) is 1.56. The number of unbranched alkanes of at least 4 members (excludes halogenated alkanes) is 2. The summed E-state index contributed by atoms with van der Waals surface area (Å²) in [5.41, 5.74) is 0. The predicted octanol–water partition coefficient (Wildman–Crippen LogP) is 3.20. The van der Waals surface area contributed by atoms with E-state index in [0.29, 0.717) is 5.92 Å². The smallest absolute Gasteiger partial charge is 0.0265 e. The van der Waals surface area contributed by atoms with Crippen molar-refractivity contribution in [3.05, 3.63) is 19.6 Å². The largest absolute Gasteiger partial charge is 0.103 e. The SMILES string of the molecule is [CH2]CCCCC(C)C=C. The molecule has 0 aromatic carbocycles. The van der Waals surface area contributed by atoms with E-state index >= 15 is 0 Å². The van der Waals surface area contributed by atoms with Crippen LogP contribution in [0.3, 0.4) is 0 Å². The van der Waals surface area contributed by atoms with Gasteiger partial charge >= 0.3 is 0 Å². The summed E-state index contributed by atoms with van der Waals surface area (Å²) in [7, 11) is 0. The van der Waals surface area contributed by atoms with Gasteiger partial charge in [0.2, 0.25) is 0 Å². The van der Waals surface area contributed by atoms with E-state index in [0.717, 1.165) is 6.42 Å². The summed E-state index contributed by atoms with van der Waals surface area (Å²) < 4.78 is 0. The summed E-state index contributed by atoms with van der Waals surface area (Å²) >= 11 is 0. The minimum absolute atomic E-state index is 0.691. The van der Waals surface area contributed by atoms with Gasteiger partial charge in [0.15, 0.2) is 0 Å². The van der Waals surface area contributed by atoms with Gasteiger partial charge in [-0.3, -0.25) is 0 Å². The van der Waals surface area contributed by atoms with Crippen LogP contribution in [0.5, 0.6) is 0 Å². The monoisotopic (exact) mass is 125 g/mol.